The van der Waals surface area contributed by atoms with Gasteiger partial charge in [-0.25, -0.2) is 4.79 Å². The number of hydrogen-bond acceptors (Lipinski definition) is 3. The first kappa shape index (κ1) is 13.4. The van der Waals surface area contributed by atoms with Gasteiger partial charge in [-0.1, -0.05) is 17.7 Å². The summed E-state index contributed by atoms with van der Waals surface area (Å²) in [5, 5.41) is 9.52. The van der Waals surface area contributed by atoms with Crippen LogP contribution in [0, 0.1) is 0 Å². The molecule has 2 aromatic rings. The molecule has 0 atom stereocenters. The lowest BCUT2D eigenvalue weighted by Crippen LogP contribution is -2.17. The third-order valence-electron chi connectivity index (χ3n) is 2.75. The zero-order valence-electron chi connectivity index (χ0n) is 10.4. The topological polar surface area (TPSA) is 53.4 Å². The number of halogens is 1. The third-order valence-corrected chi connectivity index (χ3v) is 3.07. The van der Waals surface area contributed by atoms with Crippen molar-refractivity contribution in [2.45, 2.75) is 6.54 Å². The van der Waals surface area contributed by atoms with Gasteiger partial charge in [0.1, 0.15) is 0 Å². The Hall–Kier alpha value is -2.07. The fourth-order valence-electron chi connectivity index (χ4n) is 1.79. The van der Waals surface area contributed by atoms with E-state index in [-0.39, 0.29) is 5.56 Å². The minimum absolute atomic E-state index is 0.220. The van der Waals surface area contributed by atoms with Gasteiger partial charge in [0.15, 0.2) is 0 Å². The lowest BCUT2D eigenvalue weighted by atomic mass is 10.2. The van der Waals surface area contributed by atoms with Gasteiger partial charge in [0, 0.05) is 26.0 Å². The molecule has 0 unspecified atom stereocenters. The number of hydrogen-bond donors (Lipinski definition) is 1. The van der Waals surface area contributed by atoms with Crippen LogP contribution in [0.15, 0.2) is 42.7 Å². The maximum absolute atomic E-state index is 11.0. The zero-order chi connectivity index (χ0) is 13.8. The molecule has 0 amide bonds. The molecule has 2 rings (SSSR count). The minimum Gasteiger partial charge on any atom is -0.478 e. The maximum Gasteiger partial charge on any atom is 0.335 e. The summed E-state index contributed by atoms with van der Waals surface area (Å²) < 4.78 is 0. The normalized spacial score (nSPS) is 10.2. The average molecular weight is 277 g/mol. The second-order valence-electron chi connectivity index (χ2n) is 4.19. The van der Waals surface area contributed by atoms with E-state index in [4.69, 9.17) is 16.7 Å². The summed E-state index contributed by atoms with van der Waals surface area (Å²) in [7, 11) is 1.86. The first-order valence-corrected chi connectivity index (χ1v) is 6.08. The van der Waals surface area contributed by atoms with Gasteiger partial charge in [0.2, 0.25) is 0 Å². The molecule has 0 aliphatic carbocycles. The van der Waals surface area contributed by atoms with Gasteiger partial charge in [-0.3, -0.25) is 4.98 Å². The van der Waals surface area contributed by atoms with Crippen LogP contribution >= 0.6 is 11.6 Å². The van der Waals surface area contributed by atoms with Crippen molar-refractivity contribution in [1.29, 1.82) is 0 Å². The molecule has 1 heterocycles. The fraction of sp³-hybridized carbons (Fsp3) is 0.143. The van der Waals surface area contributed by atoms with Crippen LogP contribution in [0.2, 0.25) is 5.02 Å². The molecular formula is C14H13ClN2O2. The fourth-order valence-corrected chi connectivity index (χ4v) is 2.05. The molecule has 1 aromatic heterocycles. The van der Waals surface area contributed by atoms with Crippen LogP contribution in [0.1, 0.15) is 15.9 Å². The largest absolute Gasteiger partial charge is 0.478 e. The Morgan fingerprint density at radius 2 is 2.21 bits per heavy atom. The number of anilines is 1. The van der Waals surface area contributed by atoms with E-state index in [1.165, 1.54) is 6.07 Å². The number of carbonyl (C=O) groups is 1. The molecule has 0 spiro atoms. The van der Waals surface area contributed by atoms with E-state index < -0.39 is 5.97 Å². The highest BCUT2D eigenvalue weighted by atomic mass is 35.5. The van der Waals surface area contributed by atoms with E-state index in [2.05, 4.69) is 4.98 Å². The van der Waals surface area contributed by atoms with Crippen molar-refractivity contribution in [1.82, 2.24) is 4.98 Å². The third kappa shape index (κ3) is 3.23. The van der Waals surface area contributed by atoms with E-state index >= 15 is 0 Å². The quantitative estimate of drug-likeness (QED) is 0.932. The summed E-state index contributed by atoms with van der Waals surface area (Å²) >= 11 is 6.11. The Morgan fingerprint density at radius 3 is 2.84 bits per heavy atom. The first-order valence-electron chi connectivity index (χ1n) is 5.71. The lowest BCUT2D eigenvalue weighted by molar-refractivity contribution is 0.0697. The van der Waals surface area contributed by atoms with Crippen molar-refractivity contribution < 1.29 is 9.90 Å². The lowest BCUT2D eigenvalue weighted by Gasteiger charge is -2.21. The van der Waals surface area contributed by atoms with Crippen LogP contribution < -0.4 is 4.90 Å². The van der Waals surface area contributed by atoms with E-state index in [9.17, 15) is 4.79 Å². The number of carboxylic acids is 1. The highest BCUT2D eigenvalue weighted by Gasteiger charge is 2.11. The second kappa shape index (κ2) is 5.71. The maximum atomic E-state index is 11.0. The number of aromatic carboxylic acids is 1. The molecule has 0 bridgehead atoms. The molecule has 0 fully saturated rings. The average Bonchev–Trinajstić information content (AvgIpc) is 2.40. The van der Waals surface area contributed by atoms with Crippen LogP contribution in [0.25, 0.3) is 0 Å². The molecular weight excluding hydrogens is 264 g/mol. The van der Waals surface area contributed by atoms with Gasteiger partial charge in [-0.05, 0) is 29.8 Å². The molecule has 0 saturated carbocycles. The molecule has 1 aromatic carbocycles. The monoisotopic (exact) mass is 276 g/mol. The van der Waals surface area contributed by atoms with Crippen molar-refractivity contribution >= 4 is 23.3 Å². The Kier molecular flexibility index (Phi) is 4.02. The molecule has 1 N–H and O–H groups in total. The van der Waals surface area contributed by atoms with Gasteiger partial charge in [0.05, 0.1) is 16.3 Å². The molecule has 98 valence electrons. The van der Waals surface area contributed by atoms with Gasteiger partial charge < -0.3 is 10.0 Å². The Labute approximate surface area is 116 Å². The summed E-state index contributed by atoms with van der Waals surface area (Å²) in [6.45, 7) is 0.608. The Balaban J connectivity index is 2.25. The summed E-state index contributed by atoms with van der Waals surface area (Å²) in [5.74, 6) is -0.965. The summed E-state index contributed by atoms with van der Waals surface area (Å²) in [4.78, 5) is 16.9. The molecule has 4 nitrogen and oxygen atoms in total. The Bertz CT molecular complexity index is 587. The van der Waals surface area contributed by atoms with E-state index in [1.54, 1.807) is 24.5 Å². The number of carboxylic acid groups (broad SMARTS) is 1. The molecule has 0 aliphatic rings. The predicted octanol–water partition coefficient (Wildman–Crippen LogP) is 3.07. The number of pyridine rings is 1. The van der Waals surface area contributed by atoms with Crippen LogP contribution in [-0.4, -0.2) is 23.1 Å². The summed E-state index contributed by atoms with van der Waals surface area (Å²) in [6.07, 6.45) is 3.48. The smallest absolute Gasteiger partial charge is 0.335 e. The van der Waals surface area contributed by atoms with E-state index in [0.29, 0.717) is 17.3 Å². The zero-order valence-corrected chi connectivity index (χ0v) is 11.1. The SMILES string of the molecule is CN(Cc1cccnc1)c1cc(C(=O)O)ccc1Cl. The number of nitrogens with zero attached hydrogens (tertiary/aromatic N) is 2. The van der Waals surface area contributed by atoms with Crippen LogP contribution in [0.5, 0.6) is 0 Å². The highest BCUT2D eigenvalue weighted by Crippen LogP contribution is 2.27. The molecule has 19 heavy (non-hydrogen) atoms. The number of rotatable bonds is 4. The standard InChI is InChI=1S/C14H13ClN2O2/c1-17(9-10-3-2-6-16-8-10)13-7-11(14(18)19)4-5-12(13)15/h2-8H,9H2,1H3,(H,18,19). The van der Waals surface area contributed by atoms with Crippen molar-refractivity contribution in [3.05, 3.63) is 58.9 Å². The van der Waals surface area contributed by atoms with Crippen LogP contribution in [0.3, 0.4) is 0 Å². The van der Waals surface area contributed by atoms with Crippen LogP contribution in [-0.2, 0) is 6.54 Å². The predicted molar refractivity (Wildman–Crippen MR) is 74.8 cm³/mol. The van der Waals surface area contributed by atoms with E-state index in [1.807, 2.05) is 24.1 Å². The summed E-state index contributed by atoms with van der Waals surface area (Å²) in [5.41, 5.74) is 1.93. The minimum atomic E-state index is -0.965. The highest BCUT2D eigenvalue weighted by molar-refractivity contribution is 6.33. The molecule has 0 radical (unpaired) electrons. The first-order chi connectivity index (χ1) is 9.08. The van der Waals surface area contributed by atoms with Gasteiger partial charge in [-0.2, -0.15) is 0 Å². The van der Waals surface area contributed by atoms with Crippen molar-refractivity contribution in [3.8, 4) is 0 Å². The molecule has 0 saturated heterocycles. The number of aromatic nitrogens is 1. The Morgan fingerprint density at radius 1 is 1.42 bits per heavy atom. The van der Waals surface area contributed by atoms with Gasteiger partial charge >= 0.3 is 5.97 Å². The summed E-state index contributed by atoms with van der Waals surface area (Å²) in [6, 6.07) is 8.48. The molecule has 0 aliphatic heterocycles. The second-order valence-corrected chi connectivity index (χ2v) is 4.60. The number of benzene rings is 1. The van der Waals surface area contributed by atoms with Crippen molar-refractivity contribution in [3.63, 3.8) is 0 Å². The van der Waals surface area contributed by atoms with Gasteiger partial charge in [-0.15, -0.1) is 0 Å². The van der Waals surface area contributed by atoms with Crippen molar-refractivity contribution in [2.24, 2.45) is 0 Å². The van der Waals surface area contributed by atoms with Crippen molar-refractivity contribution in [2.75, 3.05) is 11.9 Å². The van der Waals surface area contributed by atoms with E-state index in [0.717, 1.165) is 5.56 Å². The molecule has 5 heteroatoms. The van der Waals surface area contributed by atoms with Crippen LogP contribution in [0.4, 0.5) is 5.69 Å². The van der Waals surface area contributed by atoms with Gasteiger partial charge in [0.25, 0.3) is 0 Å².